The van der Waals surface area contributed by atoms with Crippen molar-refractivity contribution < 1.29 is 23.3 Å². The highest BCUT2D eigenvalue weighted by molar-refractivity contribution is 14.1. The molecule has 44 heavy (non-hydrogen) atoms. The van der Waals surface area contributed by atoms with Crippen LogP contribution in [0.2, 0.25) is 0 Å². The standard InChI is InChI=1S/C32H24IN3O7S/c1-4-41-31(38)28-18(3)34-32-35(29(28)26-14-13-25(43-26)23-15-21(36(39)40)10-5-17(23)2)30(37)27(44-32)16-22-11-12-24(42-22)19-6-8-20(33)9-7-19/h5-16,29H,4H2,1-3H3/b27-16-/t29-/m0/s1. The van der Waals surface area contributed by atoms with Gasteiger partial charge in [-0.2, -0.15) is 0 Å². The number of furan rings is 2. The summed E-state index contributed by atoms with van der Waals surface area (Å²) in [5.74, 6) is 1.18. The molecule has 4 heterocycles. The second-order valence-electron chi connectivity index (χ2n) is 9.97. The number of esters is 1. The lowest BCUT2D eigenvalue weighted by molar-refractivity contribution is -0.384. The first-order valence-corrected chi connectivity index (χ1v) is 15.4. The number of rotatable bonds is 7. The van der Waals surface area contributed by atoms with Gasteiger partial charge in [0.15, 0.2) is 4.80 Å². The Morgan fingerprint density at radius 3 is 2.57 bits per heavy atom. The van der Waals surface area contributed by atoms with Crippen molar-refractivity contribution in [3.8, 4) is 22.6 Å². The topological polar surface area (TPSA) is 130 Å². The second-order valence-corrected chi connectivity index (χ2v) is 12.2. The number of carbonyl (C=O) groups excluding carboxylic acids is 1. The van der Waals surface area contributed by atoms with Gasteiger partial charge in [0.25, 0.3) is 11.2 Å². The Morgan fingerprint density at radius 1 is 1.09 bits per heavy atom. The lowest BCUT2D eigenvalue weighted by Gasteiger charge is -2.22. The van der Waals surface area contributed by atoms with Gasteiger partial charge in [0.2, 0.25) is 0 Å². The Hall–Kier alpha value is -4.56. The van der Waals surface area contributed by atoms with Gasteiger partial charge in [0.05, 0.1) is 27.3 Å². The second kappa shape index (κ2) is 11.8. The predicted molar refractivity (Wildman–Crippen MR) is 173 cm³/mol. The van der Waals surface area contributed by atoms with Gasteiger partial charge in [-0.15, -0.1) is 0 Å². The summed E-state index contributed by atoms with van der Waals surface area (Å²) < 4.78 is 20.5. The number of aryl methyl sites for hydroxylation is 1. The maximum atomic E-state index is 13.9. The van der Waals surface area contributed by atoms with Gasteiger partial charge in [-0.05, 0) is 85.3 Å². The molecule has 1 aliphatic heterocycles. The number of nitro groups is 1. The van der Waals surface area contributed by atoms with Crippen LogP contribution in [-0.4, -0.2) is 22.1 Å². The molecule has 1 atom stereocenters. The minimum absolute atomic E-state index is 0.0809. The summed E-state index contributed by atoms with van der Waals surface area (Å²) >= 11 is 3.41. The maximum absolute atomic E-state index is 13.9. The van der Waals surface area contributed by atoms with Crippen molar-refractivity contribution in [1.82, 2.24) is 4.57 Å². The maximum Gasteiger partial charge on any atom is 0.338 e. The average Bonchev–Trinajstić information content (AvgIpc) is 3.73. The molecule has 2 aromatic carbocycles. The molecule has 10 nitrogen and oxygen atoms in total. The monoisotopic (exact) mass is 721 g/mol. The van der Waals surface area contributed by atoms with E-state index in [9.17, 15) is 19.7 Å². The van der Waals surface area contributed by atoms with Crippen LogP contribution in [0.15, 0.2) is 96.6 Å². The van der Waals surface area contributed by atoms with E-state index < -0.39 is 16.9 Å². The molecule has 0 spiro atoms. The molecule has 0 radical (unpaired) electrons. The van der Waals surface area contributed by atoms with Crippen molar-refractivity contribution in [2.75, 3.05) is 6.61 Å². The molecule has 0 N–H and O–H groups in total. The Labute approximate surface area is 267 Å². The average molecular weight is 722 g/mol. The zero-order valence-electron chi connectivity index (χ0n) is 23.7. The van der Waals surface area contributed by atoms with Gasteiger partial charge in [0.1, 0.15) is 29.1 Å². The van der Waals surface area contributed by atoms with E-state index in [1.54, 1.807) is 44.2 Å². The number of thiazole rings is 1. The molecule has 0 bridgehead atoms. The summed E-state index contributed by atoms with van der Waals surface area (Å²) in [5, 5.41) is 11.4. The quantitative estimate of drug-likeness (QED) is 0.0855. The SMILES string of the molecule is CCOC(=O)C1=C(C)N=c2s/c(=C\c3ccc(-c4ccc(I)cc4)o3)c(=O)n2[C@H]1c1ccc(-c2cc([N+](=O)[O-])ccc2C)o1. The van der Waals surface area contributed by atoms with Gasteiger partial charge in [-0.1, -0.05) is 29.5 Å². The van der Waals surface area contributed by atoms with E-state index in [4.69, 9.17) is 13.6 Å². The zero-order valence-corrected chi connectivity index (χ0v) is 26.7. The van der Waals surface area contributed by atoms with Crippen LogP contribution < -0.4 is 14.9 Å². The lowest BCUT2D eigenvalue weighted by atomic mass is 10.0. The molecule has 222 valence electrons. The molecule has 0 unspecified atom stereocenters. The van der Waals surface area contributed by atoms with Crippen LogP contribution in [0.5, 0.6) is 0 Å². The van der Waals surface area contributed by atoms with Crippen molar-refractivity contribution in [3.63, 3.8) is 0 Å². The Bertz CT molecular complexity index is 2150. The van der Waals surface area contributed by atoms with Crippen molar-refractivity contribution in [2.45, 2.75) is 26.8 Å². The molecule has 0 fully saturated rings. The number of allylic oxidation sites excluding steroid dienone is 1. The van der Waals surface area contributed by atoms with Crippen molar-refractivity contribution >= 4 is 51.7 Å². The number of halogens is 1. The predicted octanol–water partition coefficient (Wildman–Crippen LogP) is 6.14. The van der Waals surface area contributed by atoms with Crippen LogP contribution in [0.1, 0.15) is 37.0 Å². The Morgan fingerprint density at radius 2 is 1.84 bits per heavy atom. The highest BCUT2D eigenvalue weighted by Crippen LogP contribution is 2.36. The fourth-order valence-electron chi connectivity index (χ4n) is 5.02. The third kappa shape index (κ3) is 5.46. The number of benzene rings is 2. The fourth-order valence-corrected chi connectivity index (χ4v) is 6.41. The fraction of sp³-hybridized carbons (Fsp3) is 0.156. The highest BCUT2D eigenvalue weighted by atomic mass is 127. The van der Waals surface area contributed by atoms with Gasteiger partial charge in [-0.25, -0.2) is 9.79 Å². The number of nitro benzene ring substituents is 1. The molecule has 0 saturated heterocycles. The minimum atomic E-state index is -0.973. The number of nitrogens with zero attached hydrogens (tertiary/aromatic N) is 3. The molecule has 12 heteroatoms. The molecule has 5 aromatic rings. The van der Waals surface area contributed by atoms with E-state index in [0.717, 1.165) is 14.7 Å². The van der Waals surface area contributed by atoms with Gasteiger partial charge >= 0.3 is 5.97 Å². The van der Waals surface area contributed by atoms with E-state index >= 15 is 0 Å². The first kappa shape index (κ1) is 29.5. The van der Waals surface area contributed by atoms with E-state index in [1.165, 1.54) is 28.0 Å². The smallest absolute Gasteiger partial charge is 0.338 e. The number of carbonyl (C=O) groups is 1. The third-order valence-corrected chi connectivity index (χ3v) is 8.84. The van der Waals surface area contributed by atoms with E-state index in [1.807, 2.05) is 37.3 Å². The number of aromatic nitrogens is 1. The minimum Gasteiger partial charge on any atom is -0.463 e. The zero-order chi connectivity index (χ0) is 31.1. The first-order chi connectivity index (χ1) is 21.1. The summed E-state index contributed by atoms with van der Waals surface area (Å²) in [6.45, 7) is 5.33. The number of non-ortho nitro benzene ring substituents is 1. The van der Waals surface area contributed by atoms with Gasteiger partial charge < -0.3 is 13.6 Å². The lowest BCUT2D eigenvalue weighted by Crippen LogP contribution is -2.39. The molecule has 0 saturated carbocycles. The number of hydrogen-bond donors (Lipinski definition) is 0. The van der Waals surface area contributed by atoms with Crippen LogP contribution in [-0.2, 0) is 9.53 Å². The number of ether oxygens (including phenoxy) is 1. The van der Waals surface area contributed by atoms with Crippen LogP contribution >= 0.6 is 33.9 Å². The van der Waals surface area contributed by atoms with Crippen molar-refractivity contribution in [3.05, 3.63) is 128 Å². The molecule has 6 rings (SSSR count). The third-order valence-electron chi connectivity index (χ3n) is 7.14. The Kier molecular flexibility index (Phi) is 7.95. The highest BCUT2D eigenvalue weighted by Gasteiger charge is 2.35. The van der Waals surface area contributed by atoms with Crippen molar-refractivity contribution in [1.29, 1.82) is 0 Å². The van der Waals surface area contributed by atoms with E-state index in [2.05, 4.69) is 27.6 Å². The first-order valence-electron chi connectivity index (χ1n) is 13.5. The Balaban J connectivity index is 1.47. The van der Waals surface area contributed by atoms with Gasteiger partial charge in [-0.3, -0.25) is 19.5 Å². The van der Waals surface area contributed by atoms with E-state index in [-0.39, 0.29) is 29.2 Å². The number of hydrogen-bond acceptors (Lipinski definition) is 9. The normalized spacial score (nSPS) is 14.8. The van der Waals surface area contributed by atoms with E-state index in [0.29, 0.717) is 37.9 Å². The molecular weight excluding hydrogens is 697 g/mol. The summed E-state index contributed by atoms with van der Waals surface area (Å²) in [4.78, 5) is 43.1. The molecule has 0 amide bonds. The van der Waals surface area contributed by atoms with Crippen LogP contribution in [0, 0.1) is 20.6 Å². The van der Waals surface area contributed by atoms with Crippen LogP contribution in [0.4, 0.5) is 5.69 Å². The van der Waals surface area contributed by atoms with Crippen LogP contribution in [0.25, 0.3) is 28.7 Å². The molecule has 0 aliphatic carbocycles. The molecule has 3 aromatic heterocycles. The van der Waals surface area contributed by atoms with Gasteiger partial charge in [0, 0.05) is 32.9 Å². The van der Waals surface area contributed by atoms with Crippen LogP contribution in [0.3, 0.4) is 0 Å². The summed E-state index contributed by atoms with van der Waals surface area (Å²) in [6.07, 6.45) is 1.65. The summed E-state index contributed by atoms with van der Waals surface area (Å²) in [5.41, 5.74) is 2.30. The largest absolute Gasteiger partial charge is 0.463 e. The molecular formula is C32H24IN3O7S. The van der Waals surface area contributed by atoms with Crippen molar-refractivity contribution in [2.24, 2.45) is 4.99 Å². The molecule has 1 aliphatic rings. The summed E-state index contributed by atoms with van der Waals surface area (Å²) in [6, 6.07) is 18.4. The number of fused-ring (bicyclic) bond motifs is 1. The summed E-state index contributed by atoms with van der Waals surface area (Å²) in [7, 11) is 0.